The molecule has 1 amide bonds. The van der Waals surface area contributed by atoms with Gasteiger partial charge in [-0.3, -0.25) is 4.79 Å². The molecule has 14 heavy (non-hydrogen) atoms. The second-order valence-corrected chi connectivity index (χ2v) is 4.09. The van der Waals surface area contributed by atoms with E-state index < -0.39 is 0 Å². The highest BCUT2D eigenvalue weighted by molar-refractivity contribution is 5.73. The molecule has 0 radical (unpaired) electrons. The maximum absolute atomic E-state index is 11.3. The summed E-state index contributed by atoms with van der Waals surface area (Å²) in [5.41, 5.74) is 0. The van der Waals surface area contributed by atoms with Crippen LogP contribution in [0.25, 0.3) is 0 Å². The summed E-state index contributed by atoms with van der Waals surface area (Å²) in [7, 11) is 5.95. The molecule has 0 bridgehead atoms. The van der Waals surface area contributed by atoms with Crippen LogP contribution in [0.1, 0.15) is 13.3 Å². The monoisotopic (exact) mass is 200 g/mol. The second kappa shape index (κ2) is 4.75. The SMILES string of the molecule is CC(=O)N(C)C1COCCC1N(C)C. The van der Waals surface area contributed by atoms with Crippen LogP contribution in [0.5, 0.6) is 0 Å². The zero-order valence-corrected chi connectivity index (χ0v) is 9.49. The van der Waals surface area contributed by atoms with Gasteiger partial charge in [0.05, 0.1) is 12.6 Å². The van der Waals surface area contributed by atoms with Crippen LogP contribution in [0, 0.1) is 0 Å². The third kappa shape index (κ3) is 2.45. The fourth-order valence-electron chi connectivity index (χ4n) is 1.92. The van der Waals surface area contributed by atoms with Gasteiger partial charge in [0, 0.05) is 26.6 Å². The Morgan fingerprint density at radius 2 is 1.93 bits per heavy atom. The van der Waals surface area contributed by atoms with E-state index in [2.05, 4.69) is 19.0 Å². The predicted molar refractivity (Wildman–Crippen MR) is 55.1 cm³/mol. The third-order valence-electron chi connectivity index (χ3n) is 2.95. The highest BCUT2D eigenvalue weighted by Crippen LogP contribution is 2.16. The van der Waals surface area contributed by atoms with Crippen molar-refractivity contribution in [3.8, 4) is 0 Å². The molecule has 1 heterocycles. The average Bonchev–Trinajstić information content (AvgIpc) is 2.16. The van der Waals surface area contributed by atoms with Gasteiger partial charge in [0.2, 0.25) is 5.91 Å². The number of rotatable bonds is 2. The molecule has 0 aromatic rings. The lowest BCUT2D eigenvalue weighted by Crippen LogP contribution is -2.54. The Morgan fingerprint density at radius 1 is 1.29 bits per heavy atom. The van der Waals surface area contributed by atoms with Crippen molar-refractivity contribution in [3.05, 3.63) is 0 Å². The van der Waals surface area contributed by atoms with Gasteiger partial charge >= 0.3 is 0 Å². The minimum Gasteiger partial charge on any atom is -0.379 e. The lowest BCUT2D eigenvalue weighted by atomic mass is 10.0. The van der Waals surface area contributed by atoms with Crippen LogP contribution in [0.2, 0.25) is 0 Å². The molecular formula is C10H20N2O2. The first-order chi connectivity index (χ1) is 6.54. The van der Waals surface area contributed by atoms with Crippen molar-refractivity contribution in [3.63, 3.8) is 0 Å². The Bertz CT molecular complexity index is 206. The second-order valence-electron chi connectivity index (χ2n) is 4.09. The summed E-state index contributed by atoms with van der Waals surface area (Å²) >= 11 is 0. The molecule has 0 spiro atoms. The van der Waals surface area contributed by atoms with E-state index in [1.807, 2.05) is 7.05 Å². The first kappa shape index (κ1) is 11.5. The van der Waals surface area contributed by atoms with E-state index in [1.165, 1.54) is 0 Å². The molecule has 82 valence electrons. The molecule has 1 fully saturated rings. The fourth-order valence-corrected chi connectivity index (χ4v) is 1.92. The third-order valence-corrected chi connectivity index (χ3v) is 2.95. The van der Waals surface area contributed by atoms with Crippen LogP contribution in [0.4, 0.5) is 0 Å². The van der Waals surface area contributed by atoms with E-state index >= 15 is 0 Å². The number of likely N-dealkylation sites (N-methyl/N-ethyl adjacent to an activating group) is 2. The number of amides is 1. The van der Waals surface area contributed by atoms with Crippen molar-refractivity contribution in [1.82, 2.24) is 9.80 Å². The Balaban J connectivity index is 2.67. The van der Waals surface area contributed by atoms with E-state index in [0.29, 0.717) is 12.6 Å². The molecule has 1 aliphatic rings. The fraction of sp³-hybridized carbons (Fsp3) is 0.900. The normalized spacial score (nSPS) is 27.8. The highest BCUT2D eigenvalue weighted by Gasteiger charge is 2.31. The van der Waals surface area contributed by atoms with Gasteiger partial charge in [-0.25, -0.2) is 0 Å². The maximum atomic E-state index is 11.3. The molecule has 4 heteroatoms. The number of hydrogen-bond acceptors (Lipinski definition) is 3. The topological polar surface area (TPSA) is 32.8 Å². The van der Waals surface area contributed by atoms with Crippen LogP contribution in [0.15, 0.2) is 0 Å². The Morgan fingerprint density at radius 3 is 2.43 bits per heavy atom. The van der Waals surface area contributed by atoms with Crippen molar-refractivity contribution in [2.75, 3.05) is 34.4 Å². The van der Waals surface area contributed by atoms with Crippen LogP contribution in [0.3, 0.4) is 0 Å². The predicted octanol–water partition coefficient (Wildman–Crippen LogP) is 0.184. The minimum absolute atomic E-state index is 0.104. The molecule has 0 aromatic carbocycles. The molecule has 0 aliphatic carbocycles. The van der Waals surface area contributed by atoms with Crippen LogP contribution >= 0.6 is 0 Å². The number of nitrogens with zero attached hydrogens (tertiary/aromatic N) is 2. The molecular weight excluding hydrogens is 180 g/mol. The average molecular weight is 200 g/mol. The highest BCUT2D eigenvalue weighted by atomic mass is 16.5. The number of carbonyl (C=O) groups excluding carboxylic acids is 1. The summed E-state index contributed by atoms with van der Waals surface area (Å²) in [6.45, 7) is 3.05. The Hall–Kier alpha value is -0.610. The van der Waals surface area contributed by atoms with Gasteiger partial charge < -0.3 is 14.5 Å². The number of ether oxygens (including phenoxy) is 1. The quantitative estimate of drug-likeness (QED) is 0.637. The lowest BCUT2D eigenvalue weighted by Gasteiger charge is -2.40. The summed E-state index contributed by atoms with van der Waals surface area (Å²) in [6, 6.07) is 0.605. The van der Waals surface area contributed by atoms with Gasteiger partial charge in [0.1, 0.15) is 0 Å². The zero-order valence-electron chi connectivity index (χ0n) is 9.49. The standard InChI is InChI=1S/C10H20N2O2/c1-8(13)12(4)10-7-14-6-5-9(10)11(2)3/h9-10H,5-7H2,1-4H3. The Kier molecular flexibility index (Phi) is 3.89. The van der Waals surface area contributed by atoms with E-state index in [-0.39, 0.29) is 11.9 Å². The lowest BCUT2D eigenvalue weighted by molar-refractivity contribution is -0.134. The first-order valence-corrected chi connectivity index (χ1v) is 5.01. The largest absolute Gasteiger partial charge is 0.379 e. The van der Waals surface area contributed by atoms with Crippen molar-refractivity contribution in [1.29, 1.82) is 0 Å². The minimum atomic E-state index is 0.104. The van der Waals surface area contributed by atoms with Crippen LogP contribution < -0.4 is 0 Å². The summed E-state index contributed by atoms with van der Waals surface area (Å²) in [5.74, 6) is 0.104. The summed E-state index contributed by atoms with van der Waals surface area (Å²) in [6.07, 6.45) is 0.995. The summed E-state index contributed by atoms with van der Waals surface area (Å²) in [4.78, 5) is 15.2. The van der Waals surface area contributed by atoms with Gasteiger partial charge in [0.15, 0.2) is 0 Å². The van der Waals surface area contributed by atoms with Crippen molar-refractivity contribution in [2.45, 2.75) is 25.4 Å². The van der Waals surface area contributed by atoms with E-state index in [0.717, 1.165) is 13.0 Å². The summed E-state index contributed by atoms with van der Waals surface area (Å²) < 4.78 is 5.41. The smallest absolute Gasteiger partial charge is 0.219 e. The van der Waals surface area contributed by atoms with E-state index in [1.54, 1.807) is 11.8 Å². The molecule has 1 rings (SSSR count). The van der Waals surface area contributed by atoms with Crippen molar-refractivity contribution in [2.24, 2.45) is 0 Å². The van der Waals surface area contributed by atoms with Gasteiger partial charge in [-0.2, -0.15) is 0 Å². The van der Waals surface area contributed by atoms with Crippen molar-refractivity contribution >= 4 is 5.91 Å². The van der Waals surface area contributed by atoms with Crippen LogP contribution in [-0.4, -0.2) is 62.1 Å². The Labute approximate surface area is 85.8 Å². The molecule has 2 unspecified atom stereocenters. The molecule has 0 aromatic heterocycles. The molecule has 2 atom stereocenters. The van der Waals surface area contributed by atoms with Crippen molar-refractivity contribution < 1.29 is 9.53 Å². The summed E-state index contributed by atoms with van der Waals surface area (Å²) in [5, 5.41) is 0. The van der Waals surface area contributed by atoms with Gasteiger partial charge in [0.25, 0.3) is 0 Å². The zero-order chi connectivity index (χ0) is 10.7. The molecule has 0 saturated carbocycles. The molecule has 1 saturated heterocycles. The van der Waals surface area contributed by atoms with Gasteiger partial charge in [-0.05, 0) is 20.5 Å². The van der Waals surface area contributed by atoms with Crippen LogP contribution in [-0.2, 0) is 9.53 Å². The van der Waals surface area contributed by atoms with Gasteiger partial charge in [-0.15, -0.1) is 0 Å². The number of carbonyl (C=O) groups is 1. The molecule has 1 aliphatic heterocycles. The maximum Gasteiger partial charge on any atom is 0.219 e. The number of hydrogen-bond donors (Lipinski definition) is 0. The van der Waals surface area contributed by atoms with E-state index in [4.69, 9.17) is 4.74 Å². The van der Waals surface area contributed by atoms with E-state index in [9.17, 15) is 4.79 Å². The molecule has 0 N–H and O–H groups in total. The first-order valence-electron chi connectivity index (χ1n) is 5.01. The van der Waals surface area contributed by atoms with Gasteiger partial charge in [-0.1, -0.05) is 0 Å². The molecule has 4 nitrogen and oxygen atoms in total.